The maximum absolute atomic E-state index is 12.7. The first-order chi connectivity index (χ1) is 12.3. The van der Waals surface area contributed by atoms with Gasteiger partial charge < -0.3 is 9.52 Å². The highest BCUT2D eigenvalue weighted by Gasteiger charge is 2.21. The van der Waals surface area contributed by atoms with Crippen LogP contribution < -0.4 is 15.4 Å². The predicted molar refractivity (Wildman–Crippen MR) is 101 cm³/mol. The lowest BCUT2D eigenvalue weighted by Gasteiger charge is -2.23. The highest BCUT2D eigenvalue weighted by atomic mass is 32.1. The molecule has 0 spiro atoms. The molecule has 1 aromatic carbocycles. The Bertz CT molecular complexity index is 1050. The van der Waals surface area contributed by atoms with Crippen LogP contribution in [0, 0.1) is 6.92 Å². The third-order valence-electron chi connectivity index (χ3n) is 3.97. The first-order valence-corrected chi connectivity index (χ1v) is 8.48. The fourth-order valence-electron chi connectivity index (χ4n) is 2.41. The summed E-state index contributed by atoms with van der Waals surface area (Å²) in [5, 5.41) is 9.56. The van der Waals surface area contributed by atoms with E-state index in [9.17, 15) is 14.4 Å². The number of rotatable bonds is 3. The topological polar surface area (TPSA) is 91.1 Å². The molecule has 3 rings (SSSR count). The highest BCUT2D eigenvalue weighted by molar-refractivity contribution is 7.22. The molecule has 0 unspecified atom stereocenters. The largest absolute Gasteiger partial charge is 0.477 e. The van der Waals surface area contributed by atoms with Crippen molar-refractivity contribution in [3.05, 3.63) is 57.9 Å². The number of carbonyl (C=O) groups is 2. The zero-order valence-corrected chi connectivity index (χ0v) is 15.2. The molecule has 2 aromatic heterocycles. The Labute approximate surface area is 152 Å². The van der Waals surface area contributed by atoms with Crippen molar-refractivity contribution in [2.24, 2.45) is 0 Å². The van der Waals surface area contributed by atoms with Crippen LogP contribution in [-0.4, -0.2) is 31.2 Å². The van der Waals surface area contributed by atoms with Gasteiger partial charge in [-0.2, -0.15) is 0 Å². The number of anilines is 2. The Kier molecular flexibility index (Phi) is 4.52. The van der Waals surface area contributed by atoms with Gasteiger partial charge in [-0.15, -0.1) is 11.3 Å². The van der Waals surface area contributed by atoms with Crippen LogP contribution in [0.25, 0.3) is 10.3 Å². The molecule has 2 amide bonds. The molecule has 0 atom stereocenters. The molecule has 0 saturated heterocycles. The van der Waals surface area contributed by atoms with Crippen molar-refractivity contribution in [1.82, 2.24) is 0 Å². The molecule has 0 saturated carbocycles. The number of carboxylic acid groups (broad SMARTS) is 1. The molecule has 0 aliphatic rings. The number of hydrogen-bond donors (Lipinski definition) is 1. The third kappa shape index (κ3) is 3.18. The van der Waals surface area contributed by atoms with E-state index in [1.807, 2.05) is 31.2 Å². The summed E-state index contributed by atoms with van der Waals surface area (Å²) in [5.74, 6) is -1.35. The first kappa shape index (κ1) is 17.7. The number of benzene rings is 1. The zero-order chi connectivity index (χ0) is 19.0. The summed E-state index contributed by atoms with van der Waals surface area (Å²) in [4.78, 5) is 38.4. The second-order valence-electron chi connectivity index (χ2n) is 5.80. The van der Waals surface area contributed by atoms with Crippen LogP contribution in [0.3, 0.4) is 0 Å². The van der Waals surface area contributed by atoms with Crippen molar-refractivity contribution in [2.45, 2.75) is 6.92 Å². The van der Waals surface area contributed by atoms with E-state index in [1.165, 1.54) is 27.2 Å². The van der Waals surface area contributed by atoms with Crippen LogP contribution in [0.1, 0.15) is 15.9 Å². The number of fused-ring (bicyclic) bond motifs is 1. The van der Waals surface area contributed by atoms with Gasteiger partial charge in [-0.05, 0) is 25.1 Å². The minimum atomic E-state index is -1.35. The average molecular weight is 372 g/mol. The van der Waals surface area contributed by atoms with Crippen LogP contribution in [0.15, 0.2) is 45.6 Å². The summed E-state index contributed by atoms with van der Waals surface area (Å²) >= 11 is 1.17. The third-order valence-corrected chi connectivity index (χ3v) is 5.11. The number of urea groups is 1. The Balaban J connectivity index is 1.92. The predicted octanol–water partition coefficient (Wildman–Crippen LogP) is 3.55. The van der Waals surface area contributed by atoms with Gasteiger partial charge in [-0.3, -0.25) is 9.80 Å². The van der Waals surface area contributed by atoms with Crippen LogP contribution >= 0.6 is 11.3 Å². The fraction of sp³-hybridized carbons (Fsp3) is 0.167. The van der Waals surface area contributed by atoms with Gasteiger partial charge in [-0.25, -0.2) is 14.4 Å². The minimum Gasteiger partial charge on any atom is -0.477 e. The van der Waals surface area contributed by atoms with Gasteiger partial charge in [0.2, 0.25) is 0 Å². The SMILES string of the molecule is Cc1ccc(N(C)C(=O)N(C)c2cc3oc(=O)c(C(=O)O)cc3s2)cc1. The summed E-state index contributed by atoms with van der Waals surface area (Å²) in [6.07, 6.45) is 0. The quantitative estimate of drug-likeness (QED) is 0.759. The number of amides is 2. The fourth-order valence-corrected chi connectivity index (χ4v) is 3.40. The van der Waals surface area contributed by atoms with Gasteiger partial charge in [0.15, 0.2) is 5.58 Å². The molecule has 8 heteroatoms. The molecule has 134 valence electrons. The van der Waals surface area contributed by atoms with Crippen molar-refractivity contribution >= 4 is 44.3 Å². The van der Waals surface area contributed by atoms with Gasteiger partial charge in [-0.1, -0.05) is 17.7 Å². The van der Waals surface area contributed by atoms with E-state index < -0.39 is 17.2 Å². The summed E-state index contributed by atoms with van der Waals surface area (Å²) in [6.45, 7) is 1.97. The molecule has 3 aromatic rings. The molecule has 0 aliphatic carbocycles. The Morgan fingerprint density at radius 2 is 1.73 bits per heavy atom. The number of aromatic carboxylic acids is 1. The van der Waals surface area contributed by atoms with E-state index in [1.54, 1.807) is 20.2 Å². The molecular formula is C18H16N2O5S. The number of aryl methyl sites for hydroxylation is 1. The van der Waals surface area contributed by atoms with Crippen molar-refractivity contribution in [2.75, 3.05) is 23.9 Å². The molecule has 0 radical (unpaired) electrons. The van der Waals surface area contributed by atoms with Crippen molar-refractivity contribution < 1.29 is 19.1 Å². The summed E-state index contributed by atoms with van der Waals surface area (Å²) in [6, 6.07) is 10.1. The van der Waals surface area contributed by atoms with Gasteiger partial charge in [0.05, 0.1) is 4.70 Å². The smallest absolute Gasteiger partial charge is 0.351 e. The monoisotopic (exact) mass is 372 g/mol. The van der Waals surface area contributed by atoms with Crippen LogP contribution in [0.5, 0.6) is 0 Å². The normalized spacial score (nSPS) is 10.7. The average Bonchev–Trinajstić information content (AvgIpc) is 3.02. The van der Waals surface area contributed by atoms with Crippen molar-refractivity contribution in [1.29, 1.82) is 0 Å². The molecule has 26 heavy (non-hydrogen) atoms. The van der Waals surface area contributed by atoms with E-state index in [0.29, 0.717) is 9.70 Å². The van der Waals surface area contributed by atoms with E-state index in [0.717, 1.165) is 11.3 Å². The van der Waals surface area contributed by atoms with Crippen molar-refractivity contribution in [3.63, 3.8) is 0 Å². The molecule has 2 heterocycles. The van der Waals surface area contributed by atoms with E-state index in [4.69, 9.17) is 9.52 Å². The molecular weight excluding hydrogens is 356 g/mol. The summed E-state index contributed by atoms with van der Waals surface area (Å²) in [5.41, 5.74) is 0.736. The van der Waals surface area contributed by atoms with Crippen LogP contribution in [0.2, 0.25) is 0 Å². The van der Waals surface area contributed by atoms with E-state index >= 15 is 0 Å². The van der Waals surface area contributed by atoms with E-state index in [2.05, 4.69) is 0 Å². The minimum absolute atomic E-state index is 0.248. The molecule has 1 N–H and O–H groups in total. The lowest BCUT2D eigenvalue weighted by molar-refractivity contribution is 0.0692. The van der Waals surface area contributed by atoms with Gasteiger partial charge in [0, 0.05) is 25.8 Å². The van der Waals surface area contributed by atoms with Crippen LogP contribution in [-0.2, 0) is 0 Å². The Morgan fingerprint density at radius 1 is 1.08 bits per heavy atom. The number of carboxylic acids is 1. The number of thiophene rings is 1. The zero-order valence-electron chi connectivity index (χ0n) is 14.3. The second-order valence-corrected chi connectivity index (χ2v) is 6.86. The first-order valence-electron chi connectivity index (χ1n) is 7.67. The van der Waals surface area contributed by atoms with E-state index in [-0.39, 0.29) is 11.6 Å². The van der Waals surface area contributed by atoms with Gasteiger partial charge in [0.25, 0.3) is 0 Å². The summed E-state index contributed by atoms with van der Waals surface area (Å²) < 4.78 is 5.53. The Hall–Kier alpha value is -3.13. The standard InChI is InChI=1S/C18H16N2O5S/c1-10-4-6-11(7-5-10)19(2)18(24)20(3)15-9-13-14(26-15)8-12(16(21)22)17(23)25-13/h4-9H,1-3H3,(H,21,22). The lowest BCUT2D eigenvalue weighted by atomic mass is 10.2. The summed E-state index contributed by atoms with van der Waals surface area (Å²) in [7, 11) is 3.27. The maximum atomic E-state index is 12.7. The second kappa shape index (κ2) is 6.64. The maximum Gasteiger partial charge on any atom is 0.351 e. The number of hydrogen-bond acceptors (Lipinski definition) is 5. The number of carbonyl (C=O) groups excluding carboxylic acids is 1. The molecule has 0 bridgehead atoms. The van der Waals surface area contributed by atoms with Crippen LogP contribution in [0.4, 0.5) is 15.5 Å². The molecule has 7 nitrogen and oxygen atoms in total. The van der Waals surface area contributed by atoms with Gasteiger partial charge in [0.1, 0.15) is 10.6 Å². The molecule has 0 fully saturated rings. The lowest BCUT2D eigenvalue weighted by Crippen LogP contribution is -2.38. The highest BCUT2D eigenvalue weighted by Crippen LogP contribution is 2.32. The Morgan fingerprint density at radius 3 is 2.35 bits per heavy atom. The molecule has 0 aliphatic heterocycles. The van der Waals surface area contributed by atoms with Gasteiger partial charge >= 0.3 is 17.6 Å². The number of nitrogens with zero attached hydrogens (tertiary/aromatic N) is 2. The van der Waals surface area contributed by atoms with Crippen molar-refractivity contribution in [3.8, 4) is 0 Å².